The number of carbonyl (C=O) groups is 1. The van der Waals surface area contributed by atoms with Crippen molar-refractivity contribution in [1.29, 1.82) is 0 Å². The number of thioether (sulfide) groups is 1. The molecule has 1 amide bonds. The smallest absolute Gasteiger partial charge is 0.225 e. The molecule has 8 heteroatoms. The number of aromatic nitrogens is 3. The van der Waals surface area contributed by atoms with E-state index in [1.165, 1.54) is 12.8 Å². The Labute approximate surface area is 168 Å². The van der Waals surface area contributed by atoms with Crippen molar-refractivity contribution in [3.05, 3.63) is 46.3 Å². The van der Waals surface area contributed by atoms with Crippen molar-refractivity contribution >= 4 is 50.6 Å². The van der Waals surface area contributed by atoms with Gasteiger partial charge in [0.05, 0.1) is 4.88 Å². The number of halogens is 1. The molecule has 0 saturated heterocycles. The zero-order chi connectivity index (χ0) is 17.9. The first kappa shape index (κ1) is 17.8. The van der Waals surface area contributed by atoms with E-state index in [1.807, 2.05) is 30.3 Å². The van der Waals surface area contributed by atoms with E-state index in [0.29, 0.717) is 18.2 Å². The molecule has 0 aliphatic heterocycles. The van der Waals surface area contributed by atoms with Crippen LogP contribution in [0.2, 0.25) is 0 Å². The van der Waals surface area contributed by atoms with Crippen LogP contribution < -0.4 is 5.32 Å². The zero-order valence-corrected chi connectivity index (χ0v) is 17.1. The molecule has 0 spiro atoms. The Hall–Kier alpha value is -1.64. The van der Waals surface area contributed by atoms with Gasteiger partial charge in [-0.05, 0) is 42.5 Å². The summed E-state index contributed by atoms with van der Waals surface area (Å²) in [5.74, 6) is 1.63. The highest BCUT2D eigenvalue weighted by atomic mass is 79.9. The van der Waals surface area contributed by atoms with Gasteiger partial charge in [-0.1, -0.05) is 39.8 Å². The molecule has 0 unspecified atom stereocenters. The summed E-state index contributed by atoms with van der Waals surface area (Å²) < 4.78 is 3.19. The normalized spacial score (nSPS) is 13.7. The van der Waals surface area contributed by atoms with E-state index in [-0.39, 0.29) is 5.91 Å². The summed E-state index contributed by atoms with van der Waals surface area (Å²) in [6.45, 7) is 0. The van der Waals surface area contributed by atoms with Crippen molar-refractivity contribution < 1.29 is 4.79 Å². The number of rotatable bonds is 7. The lowest BCUT2D eigenvalue weighted by Gasteiger charge is -2.08. The number of benzene rings is 1. The lowest BCUT2D eigenvalue weighted by atomic mass is 10.3. The number of hydrogen-bond acceptors (Lipinski definition) is 5. The minimum Gasteiger partial charge on any atom is -0.326 e. The molecular formula is C18H17BrN4OS2. The summed E-state index contributed by atoms with van der Waals surface area (Å²) in [6.07, 6.45) is 2.78. The fourth-order valence-electron chi connectivity index (χ4n) is 2.64. The Kier molecular flexibility index (Phi) is 5.42. The summed E-state index contributed by atoms with van der Waals surface area (Å²) in [5, 5.41) is 14.6. The van der Waals surface area contributed by atoms with Crippen LogP contribution in [0.15, 0.2) is 51.4 Å². The molecule has 2 aromatic heterocycles. The van der Waals surface area contributed by atoms with E-state index >= 15 is 0 Å². The molecule has 1 saturated carbocycles. The third-order valence-electron chi connectivity index (χ3n) is 3.99. The monoisotopic (exact) mass is 448 g/mol. The second kappa shape index (κ2) is 7.94. The predicted molar refractivity (Wildman–Crippen MR) is 110 cm³/mol. The highest BCUT2D eigenvalue weighted by Crippen LogP contribution is 2.41. The van der Waals surface area contributed by atoms with E-state index < -0.39 is 0 Å². The minimum atomic E-state index is 0.00608. The molecule has 0 radical (unpaired) electrons. The number of carbonyl (C=O) groups excluding carboxylic acids is 1. The van der Waals surface area contributed by atoms with Crippen LogP contribution in [-0.2, 0) is 4.79 Å². The summed E-state index contributed by atoms with van der Waals surface area (Å²) in [7, 11) is 0. The molecule has 3 aromatic rings. The second-order valence-electron chi connectivity index (χ2n) is 6.04. The Morgan fingerprint density at radius 3 is 2.92 bits per heavy atom. The van der Waals surface area contributed by atoms with Crippen LogP contribution in [0.1, 0.15) is 25.3 Å². The molecule has 134 valence electrons. The maximum absolute atomic E-state index is 12.2. The first-order valence-corrected chi connectivity index (χ1v) is 11.0. The maximum Gasteiger partial charge on any atom is 0.225 e. The fourth-order valence-corrected chi connectivity index (χ4v) is 4.68. The molecule has 26 heavy (non-hydrogen) atoms. The number of nitrogens with zero attached hydrogens (tertiary/aromatic N) is 3. The van der Waals surface area contributed by atoms with Crippen LogP contribution in [0.4, 0.5) is 5.69 Å². The quantitative estimate of drug-likeness (QED) is 0.502. The SMILES string of the molecule is O=C(CCSc1nnc(-c2cccs2)n1C1CC1)Nc1cccc(Br)c1. The van der Waals surface area contributed by atoms with Gasteiger partial charge >= 0.3 is 0 Å². The highest BCUT2D eigenvalue weighted by Gasteiger charge is 2.30. The van der Waals surface area contributed by atoms with Gasteiger partial charge in [0.1, 0.15) is 0 Å². The summed E-state index contributed by atoms with van der Waals surface area (Å²) >= 11 is 6.69. The molecule has 1 aromatic carbocycles. The third kappa shape index (κ3) is 4.19. The average Bonchev–Trinajstić information content (AvgIpc) is 3.14. The van der Waals surface area contributed by atoms with Gasteiger partial charge in [0.2, 0.25) is 5.91 Å². The Morgan fingerprint density at radius 2 is 2.19 bits per heavy atom. The number of hydrogen-bond donors (Lipinski definition) is 1. The lowest BCUT2D eigenvalue weighted by Crippen LogP contribution is -2.12. The molecule has 1 N–H and O–H groups in total. The van der Waals surface area contributed by atoms with Crippen LogP contribution >= 0.6 is 39.0 Å². The maximum atomic E-state index is 12.2. The molecule has 2 heterocycles. The molecule has 0 atom stereocenters. The molecule has 1 aliphatic rings. The third-order valence-corrected chi connectivity index (χ3v) is 6.29. The molecule has 5 nitrogen and oxygen atoms in total. The number of nitrogens with one attached hydrogen (secondary N) is 1. The van der Waals surface area contributed by atoms with Crippen molar-refractivity contribution in [2.45, 2.75) is 30.5 Å². The summed E-state index contributed by atoms with van der Waals surface area (Å²) in [4.78, 5) is 13.3. The van der Waals surface area contributed by atoms with Crippen LogP contribution in [0.25, 0.3) is 10.7 Å². The van der Waals surface area contributed by atoms with E-state index in [2.05, 4.69) is 47.5 Å². The van der Waals surface area contributed by atoms with Gasteiger partial charge in [-0.15, -0.1) is 21.5 Å². The van der Waals surface area contributed by atoms with Crippen molar-refractivity contribution in [2.24, 2.45) is 0 Å². The molecule has 0 bridgehead atoms. The van der Waals surface area contributed by atoms with Gasteiger partial charge in [-0.25, -0.2) is 0 Å². The van der Waals surface area contributed by atoms with Gasteiger partial charge < -0.3 is 5.32 Å². The predicted octanol–water partition coefficient (Wildman–Crippen LogP) is 5.22. The van der Waals surface area contributed by atoms with Crippen molar-refractivity contribution in [3.63, 3.8) is 0 Å². The van der Waals surface area contributed by atoms with E-state index in [4.69, 9.17) is 0 Å². The second-order valence-corrected chi connectivity index (χ2v) is 8.97. The van der Waals surface area contributed by atoms with Crippen molar-refractivity contribution in [3.8, 4) is 10.7 Å². The van der Waals surface area contributed by atoms with Crippen molar-refractivity contribution in [2.75, 3.05) is 11.1 Å². The minimum absolute atomic E-state index is 0.00608. The topological polar surface area (TPSA) is 59.8 Å². The van der Waals surface area contributed by atoms with Gasteiger partial charge in [0.25, 0.3) is 0 Å². The van der Waals surface area contributed by atoms with Crippen LogP contribution in [-0.4, -0.2) is 26.4 Å². The van der Waals surface area contributed by atoms with Crippen LogP contribution in [0, 0.1) is 0 Å². The van der Waals surface area contributed by atoms with E-state index in [1.54, 1.807) is 23.1 Å². The highest BCUT2D eigenvalue weighted by molar-refractivity contribution is 9.10. The van der Waals surface area contributed by atoms with E-state index in [0.717, 1.165) is 26.0 Å². The fraction of sp³-hybridized carbons (Fsp3) is 0.278. The average molecular weight is 449 g/mol. The Balaban J connectivity index is 1.37. The molecule has 1 aliphatic carbocycles. The molecule has 4 rings (SSSR count). The largest absolute Gasteiger partial charge is 0.326 e. The number of anilines is 1. The van der Waals surface area contributed by atoms with Crippen molar-refractivity contribution in [1.82, 2.24) is 14.8 Å². The van der Waals surface area contributed by atoms with Gasteiger partial charge in [0.15, 0.2) is 11.0 Å². The Morgan fingerprint density at radius 1 is 1.31 bits per heavy atom. The van der Waals surface area contributed by atoms with Gasteiger partial charge in [-0.2, -0.15) is 0 Å². The van der Waals surface area contributed by atoms with E-state index in [9.17, 15) is 4.79 Å². The van der Waals surface area contributed by atoms with Gasteiger partial charge in [-0.3, -0.25) is 9.36 Å². The van der Waals surface area contributed by atoms with Gasteiger partial charge in [0, 0.05) is 28.4 Å². The number of thiophene rings is 1. The summed E-state index contributed by atoms with van der Waals surface area (Å²) in [5.41, 5.74) is 0.801. The van der Waals surface area contributed by atoms with Crippen LogP contribution in [0.5, 0.6) is 0 Å². The molecule has 1 fully saturated rings. The lowest BCUT2D eigenvalue weighted by molar-refractivity contribution is -0.115. The standard InChI is InChI=1S/C18H17BrN4OS2/c19-12-3-1-4-13(11-12)20-16(24)8-10-26-18-22-21-17(15-5-2-9-25-15)23(18)14-6-7-14/h1-5,9,11,14H,6-8,10H2,(H,20,24). The first-order chi connectivity index (χ1) is 12.7. The Bertz CT molecular complexity index is 906. The molecular weight excluding hydrogens is 432 g/mol. The van der Waals surface area contributed by atoms with Crippen LogP contribution in [0.3, 0.4) is 0 Å². The number of amides is 1. The zero-order valence-electron chi connectivity index (χ0n) is 13.9. The first-order valence-electron chi connectivity index (χ1n) is 8.38. The summed E-state index contributed by atoms with van der Waals surface area (Å²) in [6, 6.07) is 12.2.